The molecule has 2 heterocycles. The maximum absolute atomic E-state index is 11.8. The fourth-order valence-electron chi connectivity index (χ4n) is 2.23. The Morgan fingerprint density at radius 3 is 3.23 bits per heavy atom. The van der Waals surface area contributed by atoms with Gasteiger partial charge in [0.2, 0.25) is 0 Å². The molecule has 22 heavy (non-hydrogen) atoms. The molecule has 8 nitrogen and oxygen atoms in total. The largest absolute Gasteiger partial charge is 0.484 e. The molecule has 1 amide bonds. The van der Waals surface area contributed by atoms with Crippen molar-refractivity contribution in [2.24, 2.45) is 0 Å². The van der Waals surface area contributed by atoms with Gasteiger partial charge in [-0.3, -0.25) is 4.79 Å². The summed E-state index contributed by atoms with van der Waals surface area (Å²) < 4.78 is 12.5. The summed E-state index contributed by atoms with van der Waals surface area (Å²) >= 11 is 0. The number of carbonyl (C=O) groups is 1. The first-order valence-electron chi connectivity index (χ1n) is 7.16. The van der Waals surface area contributed by atoms with E-state index >= 15 is 0 Å². The lowest BCUT2D eigenvalue weighted by molar-refractivity contribution is -0.123. The van der Waals surface area contributed by atoms with E-state index < -0.39 is 0 Å². The van der Waals surface area contributed by atoms with E-state index in [2.05, 4.69) is 20.8 Å². The smallest absolute Gasteiger partial charge is 0.258 e. The molecule has 8 heteroatoms. The van der Waals surface area contributed by atoms with Crippen LogP contribution in [-0.2, 0) is 9.53 Å². The van der Waals surface area contributed by atoms with Crippen molar-refractivity contribution in [3.8, 4) is 11.4 Å². The van der Waals surface area contributed by atoms with Crippen molar-refractivity contribution in [1.82, 2.24) is 25.5 Å². The van der Waals surface area contributed by atoms with Crippen molar-refractivity contribution in [3.05, 3.63) is 30.6 Å². The van der Waals surface area contributed by atoms with Gasteiger partial charge in [0, 0.05) is 19.2 Å². The lowest BCUT2D eigenvalue weighted by Gasteiger charge is -2.11. The van der Waals surface area contributed by atoms with Gasteiger partial charge < -0.3 is 14.8 Å². The highest BCUT2D eigenvalue weighted by atomic mass is 16.5. The summed E-state index contributed by atoms with van der Waals surface area (Å²) in [5.74, 6) is 0.420. The van der Waals surface area contributed by atoms with Crippen LogP contribution in [0.4, 0.5) is 0 Å². The number of benzene rings is 1. The normalized spacial score (nSPS) is 17.4. The van der Waals surface area contributed by atoms with E-state index in [0.717, 1.165) is 25.1 Å². The van der Waals surface area contributed by atoms with Gasteiger partial charge >= 0.3 is 0 Å². The molecule has 0 bridgehead atoms. The molecule has 0 saturated carbocycles. The summed E-state index contributed by atoms with van der Waals surface area (Å²) in [7, 11) is 0. The van der Waals surface area contributed by atoms with Crippen LogP contribution in [0.1, 0.15) is 12.8 Å². The first kappa shape index (κ1) is 14.5. The Morgan fingerprint density at radius 1 is 1.50 bits per heavy atom. The fourth-order valence-corrected chi connectivity index (χ4v) is 2.23. The molecule has 1 N–H and O–H groups in total. The lowest BCUT2D eigenvalue weighted by atomic mass is 10.2. The molecule has 0 radical (unpaired) electrons. The number of carbonyl (C=O) groups excluding carboxylic acids is 1. The van der Waals surface area contributed by atoms with E-state index in [1.54, 1.807) is 12.1 Å². The van der Waals surface area contributed by atoms with Gasteiger partial charge in [-0.1, -0.05) is 6.07 Å². The Kier molecular flexibility index (Phi) is 4.59. The summed E-state index contributed by atoms with van der Waals surface area (Å²) in [5.41, 5.74) is 0.766. The van der Waals surface area contributed by atoms with Gasteiger partial charge in [-0.05, 0) is 35.4 Å². The molecule has 116 valence electrons. The van der Waals surface area contributed by atoms with Gasteiger partial charge in [-0.25, -0.2) is 4.68 Å². The summed E-state index contributed by atoms with van der Waals surface area (Å²) in [4.78, 5) is 11.8. The molecule has 0 aliphatic carbocycles. The minimum absolute atomic E-state index is 0.0359. The highest BCUT2D eigenvalue weighted by Gasteiger charge is 2.16. The van der Waals surface area contributed by atoms with Crippen LogP contribution in [0.15, 0.2) is 30.6 Å². The number of tetrazole rings is 1. The SMILES string of the molecule is O=C(COc1cccc(-n2cnnn2)c1)NC[C@H]1CCCO1. The molecule has 1 aliphatic rings. The first-order chi connectivity index (χ1) is 10.8. The molecule has 1 fully saturated rings. The maximum Gasteiger partial charge on any atom is 0.258 e. The van der Waals surface area contributed by atoms with Crippen LogP contribution >= 0.6 is 0 Å². The van der Waals surface area contributed by atoms with Gasteiger partial charge in [0.15, 0.2) is 6.61 Å². The molecule has 1 aliphatic heterocycles. The number of amides is 1. The molecule has 0 spiro atoms. The Bertz CT molecular complexity index is 611. The molecule has 3 rings (SSSR count). The predicted octanol–water partition coefficient (Wildman–Crippen LogP) is 0.336. The van der Waals surface area contributed by atoms with Gasteiger partial charge in [0.25, 0.3) is 5.91 Å². The zero-order chi connectivity index (χ0) is 15.2. The molecule has 1 atom stereocenters. The summed E-state index contributed by atoms with van der Waals surface area (Å²) in [5, 5.41) is 13.8. The minimum atomic E-state index is -0.164. The Hall–Kier alpha value is -2.48. The molecule has 1 saturated heterocycles. The van der Waals surface area contributed by atoms with Crippen LogP contribution in [0.25, 0.3) is 5.69 Å². The fraction of sp³-hybridized carbons (Fsp3) is 0.429. The topological polar surface area (TPSA) is 91.2 Å². The van der Waals surface area contributed by atoms with Crippen LogP contribution in [0.5, 0.6) is 5.75 Å². The third-order valence-corrected chi connectivity index (χ3v) is 3.35. The third-order valence-electron chi connectivity index (χ3n) is 3.35. The average molecular weight is 303 g/mol. The number of rotatable bonds is 6. The number of aromatic nitrogens is 4. The van der Waals surface area contributed by atoms with Crippen molar-refractivity contribution in [1.29, 1.82) is 0 Å². The number of hydrogen-bond acceptors (Lipinski definition) is 6. The van der Waals surface area contributed by atoms with E-state index in [1.165, 1.54) is 11.0 Å². The molecule has 1 aromatic heterocycles. The van der Waals surface area contributed by atoms with Gasteiger partial charge in [0.1, 0.15) is 12.1 Å². The number of ether oxygens (including phenoxy) is 2. The van der Waals surface area contributed by atoms with Crippen molar-refractivity contribution >= 4 is 5.91 Å². The van der Waals surface area contributed by atoms with Gasteiger partial charge in [-0.15, -0.1) is 5.10 Å². The highest BCUT2D eigenvalue weighted by Crippen LogP contribution is 2.15. The minimum Gasteiger partial charge on any atom is -0.484 e. The highest BCUT2D eigenvalue weighted by molar-refractivity contribution is 5.77. The Labute approximate surface area is 127 Å². The second kappa shape index (κ2) is 6.99. The predicted molar refractivity (Wildman–Crippen MR) is 76.6 cm³/mol. The second-order valence-corrected chi connectivity index (χ2v) is 4.98. The molecule has 1 aromatic carbocycles. The van der Waals surface area contributed by atoms with Gasteiger partial charge in [0.05, 0.1) is 11.8 Å². The number of nitrogens with zero attached hydrogens (tertiary/aromatic N) is 4. The van der Waals surface area contributed by atoms with Crippen LogP contribution in [0.2, 0.25) is 0 Å². The van der Waals surface area contributed by atoms with Crippen LogP contribution in [0.3, 0.4) is 0 Å². The van der Waals surface area contributed by atoms with Crippen LogP contribution < -0.4 is 10.1 Å². The van der Waals surface area contributed by atoms with Crippen LogP contribution in [-0.4, -0.2) is 52.0 Å². The van der Waals surface area contributed by atoms with Crippen molar-refractivity contribution in [2.45, 2.75) is 18.9 Å². The van der Waals surface area contributed by atoms with E-state index in [9.17, 15) is 4.79 Å². The summed E-state index contributed by atoms with van der Waals surface area (Å²) in [6.07, 6.45) is 3.68. The summed E-state index contributed by atoms with van der Waals surface area (Å²) in [6, 6.07) is 7.21. The lowest BCUT2D eigenvalue weighted by Crippen LogP contribution is -2.35. The monoisotopic (exact) mass is 303 g/mol. The molecule has 2 aromatic rings. The second-order valence-electron chi connectivity index (χ2n) is 4.98. The number of hydrogen-bond donors (Lipinski definition) is 1. The Balaban J connectivity index is 1.48. The van der Waals surface area contributed by atoms with E-state index in [1.807, 2.05) is 12.1 Å². The Morgan fingerprint density at radius 2 is 2.45 bits per heavy atom. The van der Waals surface area contributed by atoms with Crippen molar-refractivity contribution in [2.75, 3.05) is 19.8 Å². The van der Waals surface area contributed by atoms with E-state index in [4.69, 9.17) is 9.47 Å². The molecule has 0 unspecified atom stereocenters. The number of nitrogens with one attached hydrogen (secondary N) is 1. The molecular weight excluding hydrogens is 286 g/mol. The average Bonchev–Trinajstić information content (AvgIpc) is 3.24. The zero-order valence-corrected chi connectivity index (χ0v) is 12.0. The van der Waals surface area contributed by atoms with Crippen molar-refractivity contribution < 1.29 is 14.3 Å². The molecular formula is C14H17N5O3. The van der Waals surface area contributed by atoms with E-state index in [-0.39, 0.29) is 18.6 Å². The first-order valence-corrected chi connectivity index (χ1v) is 7.16. The van der Waals surface area contributed by atoms with Crippen molar-refractivity contribution in [3.63, 3.8) is 0 Å². The maximum atomic E-state index is 11.8. The van der Waals surface area contributed by atoms with Crippen LogP contribution in [0, 0.1) is 0 Å². The quantitative estimate of drug-likeness (QED) is 0.827. The zero-order valence-electron chi connectivity index (χ0n) is 12.0. The standard InChI is InChI=1S/C14H17N5O3/c20-14(15-8-13-5-2-6-21-13)9-22-12-4-1-3-11(7-12)19-10-16-17-18-19/h1,3-4,7,10,13H,2,5-6,8-9H2,(H,15,20)/t13-/m1/s1. The summed E-state index contributed by atoms with van der Waals surface area (Å²) in [6.45, 7) is 1.28. The van der Waals surface area contributed by atoms with Gasteiger partial charge in [-0.2, -0.15) is 0 Å². The third kappa shape index (κ3) is 3.79. The van der Waals surface area contributed by atoms with E-state index in [0.29, 0.717) is 12.3 Å².